The molecule has 2 rings (SSSR count). The first-order valence-corrected chi connectivity index (χ1v) is 6.57. The fourth-order valence-electron chi connectivity index (χ4n) is 1.99. The number of carbonyl (C=O) groups is 1. The Kier molecular flexibility index (Phi) is 4.00. The second-order valence-corrected chi connectivity index (χ2v) is 5.42. The van der Waals surface area contributed by atoms with Crippen LogP contribution < -0.4 is 0 Å². The lowest BCUT2D eigenvalue weighted by molar-refractivity contribution is 0.111. The molecule has 0 aliphatic heterocycles. The van der Waals surface area contributed by atoms with Gasteiger partial charge in [-0.1, -0.05) is 36.7 Å². The maximum Gasteiger partial charge on any atom is 0.172 e. The molecule has 0 bridgehead atoms. The van der Waals surface area contributed by atoms with Crippen molar-refractivity contribution in [3.8, 4) is 5.69 Å². The lowest BCUT2D eigenvalue weighted by atomic mass is 10.1. The van der Waals surface area contributed by atoms with Crippen LogP contribution in [0.2, 0.25) is 5.02 Å². The second-order valence-electron chi connectivity index (χ2n) is 4.98. The van der Waals surface area contributed by atoms with Crippen molar-refractivity contribution in [2.24, 2.45) is 5.92 Å². The minimum atomic E-state index is 0.396. The van der Waals surface area contributed by atoms with Gasteiger partial charge in [0.1, 0.15) is 5.69 Å². The van der Waals surface area contributed by atoms with Crippen molar-refractivity contribution in [3.05, 3.63) is 40.2 Å². The first kappa shape index (κ1) is 13.7. The van der Waals surface area contributed by atoms with E-state index in [1.807, 2.05) is 25.1 Å². The Balaban J connectivity index is 2.58. The Morgan fingerprint density at radius 1 is 1.42 bits per heavy atom. The molecular weight excluding hydrogens is 262 g/mol. The standard InChI is InChI=1S/C14H16ClN3O/c1-9(2)6-14-12(8-19)16-17-18(14)13-7-11(15)5-4-10(13)3/h4-5,7-9H,6H2,1-3H3. The van der Waals surface area contributed by atoms with Gasteiger partial charge < -0.3 is 0 Å². The minimum absolute atomic E-state index is 0.396. The third-order valence-electron chi connectivity index (χ3n) is 2.91. The molecule has 0 aliphatic carbocycles. The third kappa shape index (κ3) is 2.84. The number of carbonyl (C=O) groups excluding carboxylic acids is 1. The summed E-state index contributed by atoms with van der Waals surface area (Å²) >= 11 is 6.03. The Bertz CT molecular complexity index is 605. The molecule has 0 unspecified atom stereocenters. The fourth-order valence-corrected chi connectivity index (χ4v) is 2.15. The molecule has 0 aliphatic rings. The van der Waals surface area contributed by atoms with Crippen molar-refractivity contribution in [1.29, 1.82) is 0 Å². The molecule has 0 saturated heterocycles. The van der Waals surface area contributed by atoms with Crippen molar-refractivity contribution < 1.29 is 4.79 Å². The smallest absolute Gasteiger partial charge is 0.172 e. The van der Waals surface area contributed by atoms with Crippen LogP contribution in [0, 0.1) is 12.8 Å². The third-order valence-corrected chi connectivity index (χ3v) is 3.14. The number of hydrogen-bond donors (Lipinski definition) is 0. The van der Waals surface area contributed by atoms with Crippen LogP contribution in [0.1, 0.15) is 35.6 Å². The summed E-state index contributed by atoms with van der Waals surface area (Å²) in [5.74, 6) is 0.412. The molecule has 0 amide bonds. The first-order chi connectivity index (χ1) is 9.02. The van der Waals surface area contributed by atoms with Crippen LogP contribution in [0.5, 0.6) is 0 Å². The van der Waals surface area contributed by atoms with Gasteiger partial charge in [-0.2, -0.15) is 0 Å². The predicted molar refractivity (Wildman–Crippen MR) is 75.0 cm³/mol. The summed E-state index contributed by atoms with van der Waals surface area (Å²) in [4.78, 5) is 11.1. The summed E-state index contributed by atoms with van der Waals surface area (Å²) in [6.45, 7) is 6.17. The predicted octanol–water partition coefficient (Wildman–Crippen LogP) is 3.24. The van der Waals surface area contributed by atoms with Gasteiger partial charge in [0.05, 0.1) is 11.4 Å². The fraction of sp³-hybridized carbons (Fsp3) is 0.357. The van der Waals surface area contributed by atoms with Gasteiger partial charge in [-0.15, -0.1) is 5.10 Å². The van der Waals surface area contributed by atoms with E-state index in [9.17, 15) is 4.79 Å². The number of aryl methyl sites for hydroxylation is 1. The van der Waals surface area contributed by atoms with Crippen LogP contribution in [0.3, 0.4) is 0 Å². The molecule has 19 heavy (non-hydrogen) atoms. The molecule has 100 valence electrons. The number of aromatic nitrogens is 3. The van der Waals surface area contributed by atoms with Crippen LogP contribution in [0.4, 0.5) is 0 Å². The maximum atomic E-state index is 11.1. The molecule has 1 aromatic carbocycles. The van der Waals surface area contributed by atoms with Crippen molar-refractivity contribution in [2.75, 3.05) is 0 Å². The van der Waals surface area contributed by atoms with E-state index in [2.05, 4.69) is 24.2 Å². The van der Waals surface area contributed by atoms with Gasteiger partial charge in [-0.25, -0.2) is 4.68 Å². The summed E-state index contributed by atoms with van der Waals surface area (Å²) in [6.07, 6.45) is 1.49. The molecule has 4 nitrogen and oxygen atoms in total. The van der Waals surface area contributed by atoms with Gasteiger partial charge in [0.15, 0.2) is 6.29 Å². The summed E-state index contributed by atoms with van der Waals surface area (Å²) in [6, 6.07) is 5.60. The number of aldehydes is 1. The molecule has 0 fully saturated rings. The average Bonchev–Trinajstić information content (AvgIpc) is 2.74. The summed E-state index contributed by atoms with van der Waals surface area (Å²) in [7, 11) is 0. The Hall–Kier alpha value is -1.68. The van der Waals surface area contributed by atoms with Gasteiger partial charge in [0.25, 0.3) is 0 Å². The van der Waals surface area contributed by atoms with Crippen molar-refractivity contribution >= 4 is 17.9 Å². The van der Waals surface area contributed by atoms with E-state index < -0.39 is 0 Å². The lowest BCUT2D eigenvalue weighted by Gasteiger charge is -2.11. The largest absolute Gasteiger partial charge is 0.296 e. The Morgan fingerprint density at radius 3 is 2.79 bits per heavy atom. The summed E-state index contributed by atoms with van der Waals surface area (Å²) in [5.41, 5.74) is 3.13. The lowest BCUT2D eigenvalue weighted by Crippen LogP contribution is -2.08. The molecule has 1 heterocycles. The second kappa shape index (κ2) is 5.53. The number of benzene rings is 1. The molecule has 2 aromatic rings. The van der Waals surface area contributed by atoms with Crippen LogP contribution in [-0.2, 0) is 6.42 Å². The zero-order chi connectivity index (χ0) is 14.0. The number of hydrogen-bond acceptors (Lipinski definition) is 3. The van der Waals surface area contributed by atoms with E-state index in [0.717, 1.165) is 29.7 Å². The number of halogens is 1. The highest BCUT2D eigenvalue weighted by atomic mass is 35.5. The van der Waals surface area contributed by atoms with Crippen LogP contribution in [0.25, 0.3) is 5.69 Å². The molecule has 0 atom stereocenters. The van der Waals surface area contributed by atoms with Gasteiger partial charge in [-0.3, -0.25) is 4.79 Å². The average molecular weight is 278 g/mol. The molecule has 0 spiro atoms. The number of rotatable bonds is 4. The highest BCUT2D eigenvalue weighted by Crippen LogP contribution is 2.22. The first-order valence-electron chi connectivity index (χ1n) is 6.19. The summed E-state index contributed by atoms with van der Waals surface area (Å²) < 4.78 is 1.71. The maximum absolute atomic E-state index is 11.1. The zero-order valence-electron chi connectivity index (χ0n) is 11.2. The quantitative estimate of drug-likeness (QED) is 0.806. The highest BCUT2D eigenvalue weighted by molar-refractivity contribution is 6.30. The van der Waals surface area contributed by atoms with Crippen LogP contribution in [-0.4, -0.2) is 21.3 Å². The highest BCUT2D eigenvalue weighted by Gasteiger charge is 2.16. The van der Waals surface area contributed by atoms with Crippen molar-refractivity contribution in [2.45, 2.75) is 27.2 Å². The molecule has 0 saturated carbocycles. The SMILES string of the molecule is Cc1ccc(Cl)cc1-n1nnc(C=O)c1CC(C)C. The Morgan fingerprint density at radius 2 is 2.16 bits per heavy atom. The van der Waals surface area contributed by atoms with Crippen LogP contribution in [0.15, 0.2) is 18.2 Å². The molecule has 0 radical (unpaired) electrons. The zero-order valence-corrected chi connectivity index (χ0v) is 12.0. The van der Waals surface area contributed by atoms with Gasteiger partial charge in [0.2, 0.25) is 0 Å². The van der Waals surface area contributed by atoms with E-state index in [0.29, 0.717) is 16.6 Å². The normalized spacial score (nSPS) is 11.0. The molecule has 1 aromatic heterocycles. The van der Waals surface area contributed by atoms with Gasteiger partial charge in [0, 0.05) is 5.02 Å². The number of nitrogens with zero attached hydrogens (tertiary/aromatic N) is 3. The van der Waals surface area contributed by atoms with E-state index in [1.54, 1.807) is 4.68 Å². The molecular formula is C14H16ClN3O. The molecule has 5 heteroatoms. The summed E-state index contributed by atoms with van der Waals surface area (Å²) in [5, 5.41) is 8.66. The van der Waals surface area contributed by atoms with Gasteiger partial charge >= 0.3 is 0 Å². The van der Waals surface area contributed by atoms with E-state index >= 15 is 0 Å². The van der Waals surface area contributed by atoms with Crippen molar-refractivity contribution in [3.63, 3.8) is 0 Å². The van der Waals surface area contributed by atoms with Gasteiger partial charge in [-0.05, 0) is 37.0 Å². The van der Waals surface area contributed by atoms with Crippen LogP contribution >= 0.6 is 11.6 Å². The molecule has 0 N–H and O–H groups in total. The minimum Gasteiger partial charge on any atom is -0.296 e. The van der Waals surface area contributed by atoms with E-state index in [-0.39, 0.29) is 0 Å². The monoisotopic (exact) mass is 277 g/mol. The Labute approximate surface area is 117 Å². The van der Waals surface area contributed by atoms with E-state index in [4.69, 9.17) is 11.6 Å². The van der Waals surface area contributed by atoms with Crippen molar-refractivity contribution in [1.82, 2.24) is 15.0 Å². The topological polar surface area (TPSA) is 47.8 Å². The van der Waals surface area contributed by atoms with E-state index in [1.165, 1.54) is 0 Å².